The first-order valence-corrected chi connectivity index (χ1v) is 19.4. The predicted molar refractivity (Wildman–Crippen MR) is 244 cm³/mol. The van der Waals surface area contributed by atoms with E-state index in [0.29, 0.717) is 33.8 Å². The third-order valence-corrected chi connectivity index (χ3v) is 11.4. The zero-order valence-electron chi connectivity index (χ0n) is 41.6. The average molecular weight is 761 g/mol. The molecule has 0 amide bonds. The van der Waals surface area contributed by atoms with Crippen molar-refractivity contribution < 1.29 is 13.7 Å². The largest absolute Gasteiger partial charge is 0.228 e. The van der Waals surface area contributed by atoms with Crippen LogP contribution in [0.3, 0.4) is 0 Å². The standard InChI is InChI=1S/C57H38N2/c1-5-18-39(19-6-1)40-32-34-41(35-33-40)53-38-54(59-56(58-53)42-20-7-2-8-21-42)48-37-36-47(45-26-13-14-27-46(45)48)49-29-17-31-52-55(49)50-28-15-16-30-51(50)57(52,43-22-9-3-10-23-43)44-24-11-4-12-25-44/h1-38H/i3D,4D,9D,10D,11D,12D,22D,23D,24D,25D. The zero-order valence-corrected chi connectivity index (χ0v) is 31.6. The van der Waals surface area contributed by atoms with E-state index in [1.54, 1.807) is 18.2 Å². The fourth-order valence-electron chi connectivity index (χ4n) is 8.76. The fourth-order valence-corrected chi connectivity index (χ4v) is 8.76. The van der Waals surface area contributed by atoms with Gasteiger partial charge in [-0.05, 0) is 72.5 Å². The van der Waals surface area contributed by atoms with E-state index in [2.05, 4.69) is 36.4 Å². The van der Waals surface area contributed by atoms with E-state index < -0.39 is 65.8 Å². The number of hydrogen-bond acceptors (Lipinski definition) is 2. The molecule has 0 saturated heterocycles. The van der Waals surface area contributed by atoms with Crippen molar-refractivity contribution in [3.63, 3.8) is 0 Å². The Bertz CT molecular complexity index is 3600. The number of aromatic nitrogens is 2. The lowest BCUT2D eigenvalue weighted by Crippen LogP contribution is -2.28. The zero-order chi connectivity index (χ0) is 47.9. The number of hydrogen-bond donors (Lipinski definition) is 0. The van der Waals surface area contributed by atoms with Gasteiger partial charge in [0, 0.05) is 16.7 Å². The van der Waals surface area contributed by atoms with Gasteiger partial charge in [0.1, 0.15) is 0 Å². The summed E-state index contributed by atoms with van der Waals surface area (Å²) in [6, 6.07) is 49.5. The summed E-state index contributed by atoms with van der Waals surface area (Å²) in [6.45, 7) is 0. The van der Waals surface area contributed by atoms with Gasteiger partial charge >= 0.3 is 0 Å². The Morgan fingerprint density at radius 1 is 0.356 bits per heavy atom. The molecule has 0 unspecified atom stereocenters. The Balaban J connectivity index is 1.17. The van der Waals surface area contributed by atoms with Gasteiger partial charge in [0.05, 0.1) is 30.5 Å². The minimum absolute atomic E-state index is 0.209. The number of nitrogens with zero attached hydrogens (tertiary/aromatic N) is 2. The normalized spacial score (nSPS) is 14.9. The lowest BCUT2D eigenvalue weighted by Gasteiger charge is -2.34. The molecule has 0 saturated carbocycles. The summed E-state index contributed by atoms with van der Waals surface area (Å²) in [6.07, 6.45) is 0. The third kappa shape index (κ3) is 5.72. The molecule has 0 radical (unpaired) electrons. The Labute approximate surface area is 358 Å². The highest BCUT2D eigenvalue weighted by molar-refractivity contribution is 6.08. The van der Waals surface area contributed by atoms with E-state index in [9.17, 15) is 5.48 Å². The molecule has 2 heteroatoms. The minimum atomic E-state index is -1.96. The maximum atomic E-state index is 9.43. The first-order chi connectivity index (χ1) is 33.4. The fraction of sp³-hybridized carbons (Fsp3) is 0.0175. The van der Waals surface area contributed by atoms with Crippen LogP contribution in [0.25, 0.3) is 78.1 Å². The average Bonchev–Trinajstić information content (AvgIpc) is 3.69. The molecule has 2 nitrogen and oxygen atoms in total. The molecule has 1 aliphatic carbocycles. The maximum absolute atomic E-state index is 9.43. The highest BCUT2D eigenvalue weighted by Gasteiger charge is 2.46. The molecule has 1 aromatic heterocycles. The molecular formula is C57H38N2. The van der Waals surface area contributed by atoms with Crippen LogP contribution in [-0.4, -0.2) is 9.97 Å². The Kier molecular flexibility index (Phi) is 6.22. The van der Waals surface area contributed by atoms with Gasteiger partial charge in [0.25, 0.3) is 0 Å². The first-order valence-electron chi connectivity index (χ1n) is 24.4. The molecule has 59 heavy (non-hydrogen) atoms. The Morgan fingerprint density at radius 3 is 1.56 bits per heavy atom. The van der Waals surface area contributed by atoms with Gasteiger partial charge in [-0.3, -0.25) is 0 Å². The van der Waals surface area contributed by atoms with Gasteiger partial charge < -0.3 is 0 Å². The van der Waals surface area contributed by atoms with Crippen LogP contribution in [0, 0.1) is 0 Å². The highest BCUT2D eigenvalue weighted by atomic mass is 14.9. The van der Waals surface area contributed by atoms with Crippen LogP contribution in [0.15, 0.2) is 230 Å². The van der Waals surface area contributed by atoms with Crippen molar-refractivity contribution in [2.24, 2.45) is 0 Å². The van der Waals surface area contributed by atoms with Crippen molar-refractivity contribution in [2.45, 2.75) is 5.41 Å². The van der Waals surface area contributed by atoms with Crippen molar-refractivity contribution >= 4 is 10.8 Å². The Morgan fingerprint density at radius 2 is 0.864 bits per heavy atom. The second-order valence-corrected chi connectivity index (χ2v) is 14.5. The third-order valence-electron chi connectivity index (χ3n) is 11.4. The molecule has 9 aromatic carbocycles. The Hall–Kier alpha value is -7.68. The molecule has 0 atom stereocenters. The number of benzene rings is 9. The smallest absolute Gasteiger partial charge is 0.160 e. The van der Waals surface area contributed by atoms with Crippen LogP contribution >= 0.6 is 0 Å². The van der Waals surface area contributed by atoms with Crippen LogP contribution in [0.1, 0.15) is 36.0 Å². The van der Waals surface area contributed by atoms with Gasteiger partial charge in [-0.25, -0.2) is 9.97 Å². The van der Waals surface area contributed by atoms with E-state index in [0.717, 1.165) is 55.4 Å². The molecule has 276 valence electrons. The van der Waals surface area contributed by atoms with Crippen molar-refractivity contribution in [3.05, 3.63) is 253 Å². The molecule has 10 aromatic rings. The molecular weight excluding hydrogens is 713 g/mol. The SMILES string of the molecule is [2H]c1c([2H])c([2H])c(C2(c3c([2H])c([2H])c([2H])c([2H])c3[2H])c3ccccc3-c3c(-c4ccc(-c5cc(-c6ccc(-c7ccccc7)cc6)nc(-c6ccccc6)n5)c5ccccc45)cccc32)c([2H])c1[2H]. The minimum Gasteiger partial charge on any atom is -0.228 e. The van der Waals surface area contributed by atoms with Gasteiger partial charge in [0.2, 0.25) is 0 Å². The lowest BCUT2D eigenvalue weighted by molar-refractivity contribution is 0.768. The predicted octanol–water partition coefficient (Wildman–Crippen LogP) is 14.3. The van der Waals surface area contributed by atoms with E-state index >= 15 is 0 Å². The van der Waals surface area contributed by atoms with E-state index in [-0.39, 0.29) is 11.1 Å². The monoisotopic (exact) mass is 760 g/mol. The van der Waals surface area contributed by atoms with Crippen molar-refractivity contribution in [3.8, 4) is 67.3 Å². The molecule has 0 N–H and O–H groups in total. The van der Waals surface area contributed by atoms with E-state index in [4.69, 9.17) is 18.2 Å². The van der Waals surface area contributed by atoms with Crippen molar-refractivity contribution in [2.75, 3.05) is 0 Å². The van der Waals surface area contributed by atoms with Gasteiger partial charge in [-0.1, -0.05) is 224 Å². The summed E-state index contributed by atoms with van der Waals surface area (Å²) >= 11 is 0. The topological polar surface area (TPSA) is 25.8 Å². The number of fused-ring (bicyclic) bond motifs is 4. The second kappa shape index (κ2) is 14.4. The summed E-state index contributed by atoms with van der Waals surface area (Å²) in [5.41, 5.74) is 7.58. The van der Waals surface area contributed by atoms with Crippen LogP contribution in [-0.2, 0) is 5.41 Å². The summed E-state index contributed by atoms with van der Waals surface area (Å²) in [5, 5.41) is 1.77. The van der Waals surface area contributed by atoms with Crippen molar-refractivity contribution in [1.29, 1.82) is 0 Å². The highest BCUT2D eigenvalue weighted by Crippen LogP contribution is 2.58. The quantitative estimate of drug-likeness (QED) is 0.162. The molecule has 0 aliphatic heterocycles. The van der Waals surface area contributed by atoms with Gasteiger partial charge in [-0.15, -0.1) is 0 Å². The molecule has 0 fully saturated rings. The molecule has 0 spiro atoms. The summed E-state index contributed by atoms with van der Waals surface area (Å²) < 4.78 is 90.2. The molecule has 1 aliphatic rings. The summed E-state index contributed by atoms with van der Waals surface area (Å²) in [7, 11) is 0. The van der Waals surface area contributed by atoms with Crippen molar-refractivity contribution in [1.82, 2.24) is 9.97 Å². The van der Waals surface area contributed by atoms with Crippen LogP contribution < -0.4 is 0 Å². The summed E-state index contributed by atoms with van der Waals surface area (Å²) in [4.78, 5) is 10.3. The van der Waals surface area contributed by atoms with Crippen LogP contribution in [0.5, 0.6) is 0 Å². The molecule has 0 bridgehead atoms. The number of rotatable bonds is 7. The maximum Gasteiger partial charge on any atom is 0.160 e. The van der Waals surface area contributed by atoms with E-state index in [1.807, 2.05) is 115 Å². The second-order valence-electron chi connectivity index (χ2n) is 14.5. The van der Waals surface area contributed by atoms with Crippen LogP contribution in [0.4, 0.5) is 0 Å². The lowest BCUT2D eigenvalue weighted by atomic mass is 9.67. The van der Waals surface area contributed by atoms with Gasteiger partial charge in [0.15, 0.2) is 5.82 Å². The van der Waals surface area contributed by atoms with E-state index in [1.165, 1.54) is 0 Å². The molecule has 1 heterocycles. The molecule has 11 rings (SSSR count). The van der Waals surface area contributed by atoms with Crippen LogP contribution in [0.2, 0.25) is 0 Å². The van der Waals surface area contributed by atoms with Gasteiger partial charge in [-0.2, -0.15) is 0 Å². The first kappa shape index (κ1) is 25.5. The summed E-state index contributed by atoms with van der Waals surface area (Å²) in [5.74, 6) is 0.567.